The van der Waals surface area contributed by atoms with Crippen molar-refractivity contribution in [3.8, 4) is 11.3 Å². The number of sulfone groups is 1. The quantitative estimate of drug-likeness (QED) is 0.163. The lowest BCUT2D eigenvalue weighted by Crippen LogP contribution is -2.38. The molecule has 0 saturated carbocycles. The van der Waals surface area contributed by atoms with E-state index in [1.54, 1.807) is 23.2 Å². The third-order valence-corrected chi connectivity index (χ3v) is 9.40. The number of carbonyl (C=O) groups excluding carboxylic acids is 1. The third-order valence-electron chi connectivity index (χ3n) is 7.10. The van der Waals surface area contributed by atoms with E-state index in [4.69, 9.17) is 11.6 Å². The van der Waals surface area contributed by atoms with Gasteiger partial charge in [-0.1, -0.05) is 102 Å². The van der Waals surface area contributed by atoms with Crippen molar-refractivity contribution in [2.75, 3.05) is 24.7 Å². The molecule has 0 unspecified atom stereocenters. The molecule has 220 valence electrons. The minimum atomic E-state index is -3.32. The zero-order chi connectivity index (χ0) is 30.2. The van der Waals surface area contributed by atoms with Gasteiger partial charge < -0.3 is 4.90 Å². The molecule has 0 bridgehead atoms. The van der Waals surface area contributed by atoms with Gasteiger partial charge >= 0.3 is 6.03 Å². The Balaban J connectivity index is 1.35. The monoisotopic (exact) mass is 630 g/mol. The molecule has 7 nitrogen and oxygen atoms in total. The van der Waals surface area contributed by atoms with E-state index in [-0.39, 0.29) is 16.8 Å². The van der Waals surface area contributed by atoms with Crippen molar-refractivity contribution in [2.24, 2.45) is 0 Å². The molecule has 0 fully saturated rings. The molecule has 0 spiro atoms. The Hall–Kier alpha value is -4.05. The first-order valence-corrected chi connectivity index (χ1v) is 16.9. The van der Waals surface area contributed by atoms with E-state index in [0.29, 0.717) is 40.2 Å². The summed E-state index contributed by atoms with van der Waals surface area (Å²) in [5.41, 5.74) is 4.43. The van der Waals surface area contributed by atoms with Crippen LogP contribution >= 0.6 is 22.9 Å². The number of benzene rings is 3. The molecule has 1 N–H and O–H groups in total. The Labute approximate surface area is 261 Å². The van der Waals surface area contributed by atoms with Crippen molar-refractivity contribution in [3.63, 3.8) is 0 Å². The van der Waals surface area contributed by atoms with Crippen molar-refractivity contribution in [1.29, 1.82) is 0 Å². The van der Waals surface area contributed by atoms with E-state index in [1.165, 1.54) is 23.3 Å². The molecule has 3 aromatic carbocycles. The third kappa shape index (κ3) is 8.07. The lowest BCUT2D eigenvalue weighted by Gasteiger charge is -2.26. The fourth-order valence-corrected chi connectivity index (χ4v) is 6.56. The number of rotatable bonds is 11. The molecular formula is C33H31ClN4O3S2. The van der Waals surface area contributed by atoms with E-state index in [9.17, 15) is 13.2 Å². The van der Waals surface area contributed by atoms with Crippen LogP contribution in [0.15, 0.2) is 114 Å². The van der Waals surface area contributed by atoms with Crippen LogP contribution in [0.3, 0.4) is 0 Å². The molecule has 0 aliphatic carbocycles. The van der Waals surface area contributed by atoms with Gasteiger partial charge in [-0.05, 0) is 41.8 Å². The second kappa shape index (κ2) is 13.9. The SMILES string of the molecule is CS(=O)(=O)c1ccc(-c2nc(NC(=O)N(CCc3ccccn3)CCC(c3ccccc3)c3ccccc3)sc2Cl)cc1. The average molecular weight is 631 g/mol. The second-order valence-corrected chi connectivity index (χ2v) is 13.7. The molecule has 0 radical (unpaired) electrons. The fourth-order valence-electron chi connectivity index (χ4n) is 4.86. The highest BCUT2D eigenvalue weighted by atomic mass is 35.5. The van der Waals surface area contributed by atoms with E-state index < -0.39 is 9.84 Å². The summed E-state index contributed by atoms with van der Waals surface area (Å²) < 4.78 is 24.1. The topological polar surface area (TPSA) is 92.3 Å². The van der Waals surface area contributed by atoms with Crippen LogP contribution < -0.4 is 5.32 Å². The Morgan fingerprint density at radius 1 is 0.884 bits per heavy atom. The zero-order valence-electron chi connectivity index (χ0n) is 23.6. The molecule has 5 aromatic rings. The summed E-state index contributed by atoms with van der Waals surface area (Å²) in [7, 11) is -3.32. The number of thiazole rings is 1. The maximum absolute atomic E-state index is 13.7. The minimum Gasteiger partial charge on any atom is -0.324 e. The highest BCUT2D eigenvalue weighted by Gasteiger charge is 2.21. The summed E-state index contributed by atoms with van der Waals surface area (Å²) in [6.45, 7) is 0.976. The van der Waals surface area contributed by atoms with Gasteiger partial charge in [0.15, 0.2) is 15.0 Å². The summed E-state index contributed by atoms with van der Waals surface area (Å²) in [5.74, 6) is 0.114. The minimum absolute atomic E-state index is 0.114. The molecule has 0 aliphatic heterocycles. The lowest BCUT2D eigenvalue weighted by atomic mass is 9.88. The van der Waals surface area contributed by atoms with Crippen LogP contribution in [-0.2, 0) is 16.3 Å². The van der Waals surface area contributed by atoms with Crippen molar-refractivity contribution in [1.82, 2.24) is 14.9 Å². The first-order chi connectivity index (χ1) is 20.8. The number of hydrogen-bond donors (Lipinski definition) is 1. The fraction of sp³-hybridized carbons (Fsp3) is 0.182. The highest BCUT2D eigenvalue weighted by molar-refractivity contribution is 7.90. The molecular weight excluding hydrogens is 600 g/mol. The van der Waals surface area contributed by atoms with Gasteiger partial charge in [0.2, 0.25) is 0 Å². The summed E-state index contributed by atoms with van der Waals surface area (Å²) in [4.78, 5) is 24.7. The molecule has 5 rings (SSSR count). The number of anilines is 1. The maximum atomic E-state index is 13.7. The van der Waals surface area contributed by atoms with Gasteiger partial charge in [0.1, 0.15) is 10.0 Å². The predicted molar refractivity (Wildman–Crippen MR) is 174 cm³/mol. The number of carbonyl (C=O) groups is 1. The maximum Gasteiger partial charge on any atom is 0.323 e. The molecule has 2 amide bonds. The van der Waals surface area contributed by atoms with E-state index in [1.807, 2.05) is 54.6 Å². The predicted octanol–water partition coefficient (Wildman–Crippen LogP) is 7.56. The number of nitrogens with one attached hydrogen (secondary N) is 1. The van der Waals surface area contributed by atoms with Crippen molar-refractivity contribution in [2.45, 2.75) is 23.7 Å². The Morgan fingerprint density at radius 3 is 2.09 bits per heavy atom. The Kier molecular flexibility index (Phi) is 9.86. The molecule has 0 atom stereocenters. The van der Waals surface area contributed by atoms with Gasteiger partial charge in [0, 0.05) is 49.1 Å². The van der Waals surface area contributed by atoms with Crippen LogP contribution in [0.25, 0.3) is 11.3 Å². The Morgan fingerprint density at radius 2 is 1.51 bits per heavy atom. The van der Waals surface area contributed by atoms with Crippen molar-refractivity contribution < 1.29 is 13.2 Å². The van der Waals surface area contributed by atoms with Gasteiger partial charge in [-0.15, -0.1) is 0 Å². The van der Waals surface area contributed by atoms with Gasteiger partial charge in [0.25, 0.3) is 0 Å². The van der Waals surface area contributed by atoms with Gasteiger partial charge in [-0.3, -0.25) is 10.3 Å². The van der Waals surface area contributed by atoms with Crippen LogP contribution in [0.4, 0.5) is 9.93 Å². The number of urea groups is 1. The first kappa shape index (κ1) is 30.4. The average Bonchev–Trinajstić information content (AvgIpc) is 3.39. The molecule has 10 heteroatoms. The lowest BCUT2D eigenvalue weighted by molar-refractivity contribution is 0.210. The molecule has 2 heterocycles. The number of pyridine rings is 1. The second-order valence-electron chi connectivity index (χ2n) is 10.1. The van der Waals surface area contributed by atoms with Crippen LogP contribution in [0.1, 0.15) is 29.2 Å². The van der Waals surface area contributed by atoms with Gasteiger partial charge in [0.05, 0.1) is 4.90 Å². The van der Waals surface area contributed by atoms with E-state index in [0.717, 1.165) is 29.7 Å². The van der Waals surface area contributed by atoms with Gasteiger partial charge in [-0.25, -0.2) is 18.2 Å². The summed E-state index contributed by atoms with van der Waals surface area (Å²) >= 11 is 7.68. The normalized spacial score (nSPS) is 11.4. The van der Waals surface area contributed by atoms with Crippen molar-refractivity contribution >= 4 is 43.9 Å². The zero-order valence-corrected chi connectivity index (χ0v) is 25.9. The summed E-state index contributed by atoms with van der Waals surface area (Å²) in [5, 5.41) is 3.31. The molecule has 2 aromatic heterocycles. The number of aromatic nitrogens is 2. The van der Waals surface area contributed by atoms with E-state index >= 15 is 0 Å². The van der Waals surface area contributed by atoms with Crippen molar-refractivity contribution in [3.05, 3.63) is 130 Å². The summed E-state index contributed by atoms with van der Waals surface area (Å²) in [6.07, 6.45) is 4.24. The standard InChI is InChI=1S/C33H31ClN4O3S2/c1-43(40,41)28-17-15-26(16-18-28)30-31(34)42-32(36-30)37-33(39)38(22-19-27-14-8-9-21-35-27)23-20-29(24-10-4-2-5-11-24)25-12-6-3-7-13-25/h2-18,21,29H,19-20,22-23H2,1H3,(H,36,37,39). The molecule has 0 saturated heterocycles. The summed E-state index contributed by atoms with van der Waals surface area (Å²) in [6, 6.07) is 32.5. The van der Waals surface area contributed by atoms with E-state index in [2.05, 4.69) is 39.6 Å². The molecule has 43 heavy (non-hydrogen) atoms. The molecule has 0 aliphatic rings. The number of nitrogens with zero attached hydrogens (tertiary/aromatic N) is 3. The number of halogens is 1. The highest BCUT2D eigenvalue weighted by Crippen LogP contribution is 2.36. The number of amides is 2. The van der Waals surface area contributed by atoms with Crippen LogP contribution in [-0.4, -0.2) is 48.7 Å². The smallest absolute Gasteiger partial charge is 0.323 e. The van der Waals surface area contributed by atoms with Crippen LogP contribution in [0.5, 0.6) is 0 Å². The van der Waals surface area contributed by atoms with Crippen LogP contribution in [0.2, 0.25) is 4.34 Å². The number of hydrogen-bond acceptors (Lipinski definition) is 6. The first-order valence-electron chi connectivity index (χ1n) is 13.8. The largest absolute Gasteiger partial charge is 0.324 e. The van der Waals surface area contributed by atoms with Gasteiger partial charge in [-0.2, -0.15) is 0 Å². The Bertz CT molecular complexity index is 1710. The van der Waals surface area contributed by atoms with Crippen LogP contribution in [0, 0.1) is 0 Å².